The van der Waals surface area contributed by atoms with Gasteiger partial charge in [-0.2, -0.15) is 0 Å². The number of benzene rings is 1. The van der Waals surface area contributed by atoms with Gasteiger partial charge in [-0.05, 0) is 37.6 Å². The van der Waals surface area contributed by atoms with Crippen molar-refractivity contribution in [1.29, 1.82) is 0 Å². The van der Waals surface area contributed by atoms with Gasteiger partial charge in [0.05, 0.1) is 6.26 Å². The lowest BCUT2D eigenvalue weighted by Gasteiger charge is -2.35. The topological polar surface area (TPSA) is 66.6 Å². The maximum absolute atomic E-state index is 11.5. The van der Waals surface area contributed by atoms with Crippen LogP contribution in [0.4, 0.5) is 5.69 Å². The van der Waals surface area contributed by atoms with E-state index in [1.165, 1.54) is 11.8 Å². The molecule has 0 spiro atoms. The molecule has 7 heteroatoms. The zero-order chi connectivity index (χ0) is 14.8. The third kappa shape index (κ3) is 5.14. The van der Waals surface area contributed by atoms with Crippen molar-refractivity contribution in [3.05, 3.63) is 29.8 Å². The highest BCUT2D eigenvalue weighted by Crippen LogP contribution is 2.19. The van der Waals surface area contributed by atoms with Crippen LogP contribution in [0.15, 0.2) is 24.3 Å². The van der Waals surface area contributed by atoms with Crippen LogP contribution >= 0.6 is 12.4 Å². The number of nitrogen functional groups attached to an aromatic ring is 1. The van der Waals surface area contributed by atoms with Crippen molar-refractivity contribution < 1.29 is 8.42 Å². The number of piperidine rings is 1. The Morgan fingerprint density at radius 1 is 1.33 bits per heavy atom. The molecule has 2 N–H and O–H groups in total. The van der Waals surface area contributed by atoms with Crippen molar-refractivity contribution in [2.45, 2.75) is 25.4 Å². The molecule has 1 heterocycles. The van der Waals surface area contributed by atoms with Crippen molar-refractivity contribution in [1.82, 2.24) is 9.21 Å². The lowest BCUT2D eigenvalue weighted by Crippen LogP contribution is -2.44. The van der Waals surface area contributed by atoms with Gasteiger partial charge in [0.1, 0.15) is 0 Å². The number of nitrogens with zero attached hydrogens (tertiary/aromatic N) is 2. The Bertz CT molecular complexity index is 557. The Morgan fingerprint density at radius 2 is 1.95 bits per heavy atom. The summed E-state index contributed by atoms with van der Waals surface area (Å²) in [6, 6.07) is 8.33. The lowest BCUT2D eigenvalue weighted by molar-refractivity contribution is 0.162. The Morgan fingerprint density at radius 3 is 2.48 bits per heavy atom. The monoisotopic (exact) mass is 333 g/mol. The van der Waals surface area contributed by atoms with Crippen LogP contribution in [0.25, 0.3) is 0 Å². The summed E-state index contributed by atoms with van der Waals surface area (Å²) in [5, 5.41) is 0. The van der Waals surface area contributed by atoms with Gasteiger partial charge in [-0.15, -0.1) is 12.4 Å². The first-order chi connectivity index (χ1) is 9.36. The fourth-order valence-corrected chi connectivity index (χ4v) is 3.60. The number of sulfonamides is 1. The molecule has 0 amide bonds. The van der Waals surface area contributed by atoms with Crippen LogP contribution in [0.5, 0.6) is 0 Å². The minimum Gasteiger partial charge on any atom is -0.399 e. The van der Waals surface area contributed by atoms with E-state index in [4.69, 9.17) is 5.73 Å². The molecule has 2 rings (SSSR count). The standard InChI is InChI=1S/C14H23N3O2S.ClH/c1-16(11-12-4-3-5-13(15)10-12)14-6-8-17(9-7-14)20(2,18)19;/h3-5,10,14H,6-9,11,15H2,1-2H3;1H. The molecule has 0 aliphatic carbocycles. The normalized spacial score (nSPS) is 17.7. The van der Waals surface area contributed by atoms with Gasteiger partial charge in [-0.1, -0.05) is 12.1 Å². The van der Waals surface area contributed by atoms with Gasteiger partial charge >= 0.3 is 0 Å². The van der Waals surface area contributed by atoms with Gasteiger partial charge in [-0.3, -0.25) is 4.90 Å². The van der Waals surface area contributed by atoms with E-state index >= 15 is 0 Å². The first-order valence-electron chi connectivity index (χ1n) is 6.86. The molecule has 0 saturated carbocycles. The molecule has 0 atom stereocenters. The molecular formula is C14H24ClN3O2S. The van der Waals surface area contributed by atoms with E-state index < -0.39 is 10.0 Å². The summed E-state index contributed by atoms with van der Waals surface area (Å²) in [6.45, 7) is 2.07. The quantitative estimate of drug-likeness (QED) is 0.849. The Labute approximate surface area is 133 Å². The van der Waals surface area contributed by atoms with Gasteiger partial charge in [0, 0.05) is 31.4 Å². The minimum absolute atomic E-state index is 0. The van der Waals surface area contributed by atoms with Crippen molar-refractivity contribution in [2.75, 3.05) is 32.1 Å². The first-order valence-corrected chi connectivity index (χ1v) is 8.71. The Kier molecular flexibility index (Phi) is 6.46. The van der Waals surface area contributed by atoms with Crippen LogP contribution in [-0.2, 0) is 16.6 Å². The Balaban J connectivity index is 0.00000220. The van der Waals surface area contributed by atoms with E-state index in [1.54, 1.807) is 4.31 Å². The lowest BCUT2D eigenvalue weighted by atomic mass is 10.0. The Hall–Kier alpha value is -0.820. The number of anilines is 1. The fraction of sp³-hybridized carbons (Fsp3) is 0.571. The molecule has 0 bridgehead atoms. The van der Waals surface area contributed by atoms with E-state index in [2.05, 4.69) is 18.0 Å². The van der Waals surface area contributed by atoms with Gasteiger partial charge in [0.2, 0.25) is 10.0 Å². The summed E-state index contributed by atoms with van der Waals surface area (Å²) < 4.78 is 24.5. The van der Waals surface area contributed by atoms with E-state index in [1.807, 2.05) is 18.2 Å². The third-order valence-corrected chi connectivity index (χ3v) is 5.20. The van der Waals surface area contributed by atoms with E-state index in [-0.39, 0.29) is 12.4 Å². The van der Waals surface area contributed by atoms with Crippen LogP contribution in [-0.4, -0.2) is 50.1 Å². The number of rotatable bonds is 4. The molecule has 1 fully saturated rings. The molecule has 1 saturated heterocycles. The molecule has 0 unspecified atom stereocenters. The summed E-state index contributed by atoms with van der Waals surface area (Å²) in [6.07, 6.45) is 3.04. The predicted octanol–water partition coefficient (Wildman–Crippen LogP) is 1.55. The van der Waals surface area contributed by atoms with Crippen LogP contribution in [0.2, 0.25) is 0 Å². The second kappa shape index (κ2) is 7.45. The molecule has 0 radical (unpaired) electrons. The molecule has 1 aromatic rings. The number of hydrogen-bond donors (Lipinski definition) is 1. The maximum Gasteiger partial charge on any atom is 0.211 e. The number of halogens is 1. The molecule has 21 heavy (non-hydrogen) atoms. The summed E-state index contributed by atoms with van der Waals surface area (Å²) in [7, 11) is -0.954. The summed E-state index contributed by atoms with van der Waals surface area (Å²) >= 11 is 0. The number of hydrogen-bond acceptors (Lipinski definition) is 4. The second-order valence-corrected chi connectivity index (χ2v) is 7.54. The molecule has 1 aliphatic heterocycles. The van der Waals surface area contributed by atoms with Gasteiger partial charge in [0.15, 0.2) is 0 Å². The average molecular weight is 334 g/mol. The van der Waals surface area contributed by atoms with E-state index in [0.717, 1.165) is 25.1 Å². The van der Waals surface area contributed by atoms with Gasteiger partial charge in [0.25, 0.3) is 0 Å². The minimum atomic E-state index is -3.04. The maximum atomic E-state index is 11.5. The molecular weight excluding hydrogens is 310 g/mol. The summed E-state index contributed by atoms with van der Waals surface area (Å²) in [4.78, 5) is 2.29. The van der Waals surface area contributed by atoms with Crippen molar-refractivity contribution in [3.63, 3.8) is 0 Å². The predicted molar refractivity (Wildman–Crippen MR) is 89.0 cm³/mol. The van der Waals surface area contributed by atoms with Crippen LogP contribution in [0.1, 0.15) is 18.4 Å². The second-order valence-electron chi connectivity index (χ2n) is 5.55. The average Bonchev–Trinajstić information content (AvgIpc) is 2.38. The van der Waals surface area contributed by atoms with Crippen molar-refractivity contribution in [3.8, 4) is 0 Å². The highest BCUT2D eigenvalue weighted by molar-refractivity contribution is 7.88. The zero-order valence-corrected chi connectivity index (χ0v) is 14.2. The smallest absolute Gasteiger partial charge is 0.211 e. The van der Waals surface area contributed by atoms with Crippen LogP contribution < -0.4 is 5.73 Å². The zero-order valence-electron chi connectivity index (χ0n) is 12.5. The summed E-state index contributed by atoms with van der Waals surface area (Å²) in [5.74, 6) is 0. The summed E-state index contributed by atoms with van der Waals surface area (Å²) in [5.41, 5.74) is 7.76. The van der Waals surface area contributed by atoms with E-state index in [9.17, 15) is 8.42 Å². The fourth-order valence-electron chi connectivity index (χ4n) is 2.72. The van der Waals surface area contributed by atoms with Crippen molar-refractivity contribution >= 4 is 28.1 Å². The molecule has 0 aromatic heterocycles. The third-order valence-electron chi connectivity index (χ3n) is 3.90. The molecule has 1 aliphatic rings. The largest absolute Gasteiger partial charge is 0.399 e. The molecule has 120 valence electrons. The van der Waals surface area contributed by atoms with Crippen LogP contribution in [0, 0.1) is 0 Å². The van der Waals surface area contributed by atoms with Crippen LogP contribution in [0.3, 0.4) is 0 Å². The van der Waals surface area contributed by atoms with Gasteiger partial charge < -0.3 is 5.73 Å². The highest BCUT2D eigenvalue weighted by atomic mass is 35.5. The highest BCUT2D eigenvalue weighted by Gasteiger charge is 2.26. The van der Waals surface area contributed by atoms with Crippen molar-refractivity contribution in [2.24, 2.45) is 0 Å². The van der Waals surface area contributed by atoms with E-state index in [0.29, 0.717) is 19.1 Å². The molecule has 5 nitrogen and oxygen atoms in total. The first kappa shape index (κ1) is 18.2. The SMILES string of the molecule is CN(Cc1cccc(N)c1)C1CCN(S(C)(=O)=O)CC1.Cl. The molecule has 1 aromatic carbocycles. The number of nitrogens with two attached hydrogens (primary N) is 1. The van der Waals surface area contributed by atoms with Gasteiger partial charge in [-0.25, -0.2) is 12.7 Å².